The van der Waals surface area contributed by atoms with Gasteiger partial charge in [-0.25, -0.2) is 9.97 Å². The van der Waals surface area contributed by atoms with Crippen LogP contribution in [-0.2, 0) is 7.05 Å². The van der Waals surface area contributed by atoms with Gasteiger partial charge in [-0.1, -0.05) is 42.5 Å². The highest BCUT2D eigenvalue weighted by molar-refractivity contribution is 6.03. The van der Waals surface area contributed by atoms with Crippen LogP contribution in [0.3, 0.4) is 0 Å². The predicted molar refractivity (Wildman–Crippen MR) is 129 cm³/mol. The standard InChI is InChI=1S/C26H20N6O/c1-32-14-21(25(31-32)16-7-4-3-5-8-16)26-19-11-18(24(33-2)12-23(19)27-15-28-26)17-9-6-10-22-20(17)13-29-30-22/h3-15H,1-2H3,(H,29,30). The fourth-order valence-corrected chi connectivity index (χ4v) is 4.35. The molecule has 0 saturated carbocycles. The van der Waals surface area contributed by atoms with Crippen molar-refractivity contribution in [3.05, 3.63) is 79.4 Å². The number of nitrogens with zero attached hydrogens (tertiary/aromatic N) is 5. The zero-order valence-corrected chi connectivity index (χ0v) is 18.1. The van der Waals surface area contributed by atoms with E-state index in [1.165, 1.54) is 0 Å². The van der Waals surface area contributed by atoms with Crippen LogP contribution in [0.4, 0.5) is 0 Å². The molecule has 0 atom stereocenters. The Bertz CT molecular complexity index is 1620. The summed E-state index contributed by atoms with van der Waals surface area (Å²) in [5, 5.41) is 13.9. The first-order chi connectivity index (χ1) is 16.2. The van der Waals surface area contributed by atoms with Crippen molar-refractivity contribution in [2.45, 2.75) is 0 Å². The molecule has 0 aliphatic rings. The lowest BCUT2D eigenvalue weighted by atomic mass is 9.96. The largest absolute Gasteiger partial charge is 0.496 e. The number of ether oxygens (including phenoxy) is 1. The Morgan fingerprint density at radius 3 is 2.58 bits per heavy atom. The van der Waals surface area contributed by atoms with E-state index in [0.29, 0.717) is 0 Å². The molecule has 0 saturated heterocycles. The Balaban J connectivity index is 1.64. The zero-order valence-electron chi connectivity index (χ0n) is 18.1. The van der Waals surface area contributed by atoms with Gasteiger partial charge in [0.1, 0.15) is 17.8 Å². The van der Waals surface area contributed by atoms with Crippen LogP contribution in [0, 0.1) is 0 Å². The Morgan fingerprint density at radius 1 is 0.848 bits per heavy atom. The highest BCUT2D eigenvalue weighted by Gasteiger charge is 2.19. The van der Waals surface area contributed by atoms with Crippen LogP contribution in [0.5, 0.6) is 5.75 Å². The van der Waals surface area contributed by atoms with Crippen molar-refractivity contribution in [3.8, 4) is 39.4 Å². The fraction of sp³-hybridized carbons (Fsp3) is 0.0769. The highest BCUT2D eigenvalue weighted by Crippen LogP contribution is 2.40. The molecule has 3 aromatic carbocycles. The molecule has 0 spiro atoms. The van der Waals surface area contributed by atoms with Gasteiger partial charge in [-0.05, 0) is 17.7 Å². The minimum atomic E-state index is 0.746. The number of rotatable bonds is 4. The molecule has 0 amide bonds. The number of fused-ring (bicyclic) bond motifs is 2. The molecule has 0 radical (unpaired) electrons. The molecule has 0 aliphatic carbocycles. The average molecular weight is 432 g/mol. The van der Waals surface area contributed by atoms with E-state index >= 15 is 0 Å². The normalized spacial score (nSPS) is 11.3. The van der Waals surface area contributed by atoms with Crippen molar-refractivity contribution in [1.29, 1.82) is 0 Å². The topological polar surface area (TPSA) is 81.5 Å². The van der Waals surface area contributed by atoms with Gasteiger partial charge in [-0.3, -0.25) is 9.78 Å². The molecule has 33 heavy (non-hydrogen) atoms. The summed E-state index contributed by atoms with van der Waals surface area (Å²) in [4.78, 5) is 9.23. The molecule has 6 rings (SSSR count). The number of benzene rings is 3. The molecule has 7 heteroatoms. The van der Waals surface area contributed by atoms with Crippen molar-refractivity contribution in [1.82, 2.24) is 29.9 Å². The van der Waals surface area contributed by atoms with Gasteiger partial charge >= 0.3 is 0 Å². The van der Waals surface area contributed by atoms with Crippen molar-refractivity contribution >= 4 is 21.8 Å². The molecular formula is C26H20N6O. The van der Waals surface area contributed by atoms with Crippen LogP contribution in [-0.4, -0.2) is 37.1 Å². The molecule has 0 aliphatic heterocycles. The molecule has 7 nitrogen and oxygen atoms in total. The first-order valence-corrected chi connectivity index (χ1v) is 10.6. The van der Waals surface area contributed by atoms with E-state index in [1.54, 1.807) is 13.4 Å². The molecule has 6 aromatic rings. The second kappa shape index (κ2) is 7.56. The Kier molecular flexibility index (Phi) is 4.40. The van der Waals surface area contributed by atoms with Gasteiger partial charge in [0.05, 0.1) is 30.0 Å². The van der Waals surface area contributed by atoms with E-state index in [9.17, 15) is 0 Å². The third-order valence-electron chi connectivity index (χ3n) is 5.86. The minimum Gasteiger partial charge on any atom is -0.496 e. The summed E-state index contributed by atoms with van der Waals surface area (Å²) < 4.78 is 7.59. The molecule has 1 N–H and O–H groups in total. The maximum absolute atomic E-state index is 5.77. The first-order valence-electron chi connectivity index (χ1n) is 10.6. The van der Waals surface area contributed by atoms with E-state index in [2.05, 4.69) is 39.4 Å². The summed E-state index contributed by atoms with van der Waals surface area (Å²) >= 11 is 0. The van der Waals surface area contributed by atoms with Crippen LogP contribution in [0.1, 0.15) is 0 Å². The number of nitrogens with one attached hydrogen (secondary N) is 1. The van der Waals surface area contributed by atoms with Crippen molar-refractivity contribution < 1.29 is 4.74 Å². The molecule has 3 aromatic heterocycles. The fourth-order valence-electron chi connectivity index (χ4n) is 4.35. The molecule has 0 unspecified atom stereocenters. The first kappa shape index (κ1) is 19.2. The van der Waals surface area contributed by atoms with E-state index in [-0.39, 0.29) is 0 Å². The van der Waals surface area contributed by atoms with Crippen LogP contribution < -0.4 is 4.74 Å². The second-order valence-electron chi connectivity index (χ2n) is 7.86. The van der Waals surface area contributed by atoms with Gasteiger partial charge < -0.3 is 4.74 Å². The average Bonchev–Trinajstić information content (AvgIpc) is 3.50. The predicted octanol–water partition coefficient (Wildman–Crippen LogP) is 5.25. The lowest BCUT2D eigenvalue weighted by molar-refractivity contribution is 0.417. The Labute approximate surface area is 189 Å². The summed E-state index contributed by atoms with van der Waals surface area (Å²) in [7, 11) is 3.60. The molecule has 160 valence electrons. The summed E-state index contributed by atoms with van der Waals surface area (Å²) in [6, 6.07) is 20.3. The quantitative estimate of drug-likeness (QED) is 0.411. The lowest BCUT2D eigenvalue weighted by Gasteiger charge is -2.13. The number of aryl methyl sites for hydroxylation is 1. The van der Waals surface area contributed by atoms with Crippen molar-refractivity contribution in [2.24, 2.45) is 7.05 Å². The lowest BCUT2D eigenvalue weighted by Crippen LogP contribution is -1.94. The van der Waals surface area contributed by atoms with Crippen LogP contribution in [0.25, 0.3) is 55.4 Å². The number of methoxy groups -OCH3 is 1. The Hall–Kier alpha value is -4.52. The SMILES string of the molecule is COc1cc2ncnc(-c3cn(C)nc3-c3ccccc3)c2cc1-c1cccc2[nH]ncc12. The maximum Gasteiger partial charge on any atom is 0.128 e. The van der Waals surface area contributed by atoms with Crippen molar-refractivity contribution in [2.75, 3.05) is 7.11 Å². The van der Waals surface area contributed by atoms with E-state index in [1.807, 2.05) is 60.5 Å². The van der Waals surface area contributed by atoms with Gasteiger partial charge in [0, 0.05) is 46.8 Å². The molecule has 0 bridgehead atoms. The molecule has 0 fully saturated rings. The smallest absolute Gasteiger partial charge is 0.128 e. The van der Waals surface area contributed by atoms with Gasteiger partial charge in [0.25, 0.3) is 0 Å². The number of hydrogen-bond donors (Lipinski definition) is 1. The monoisotopic (exact) mass is 432 g/mol. The van der Waals surface area contributed by atoms with Crippen LogP contribution in [0.15, 0.2) is 79.4 Å². The maximum atomic E-state index is 5.77. The van der Waals surface area contributed by atoms with Crippen LogP contribution >= 0.6 is 0 Å². The van der Waals surface area contributed by atoms with E-state index < -0.39 is 0 Å². The number of H-pyrrole nitrogens is 1. The third-order valence-corrected chi connectivity index (χ3v) is 5.86. The number of hydrogen-bond acceptors (Lipinski definition) is 5. The third kappa shape index (κ3) is 3.13. The Morgan fingerprint density at radius 2 is 1.73 bits per heavy atom. The molecular weight excluding hydrogens is 412 g/mol. The minimum absolute atomic E-state index is 0.746. The van der Waals surface area contributed by atoms with E-state index in [4.69, 9.17) is 14.8 Å². The summed E-state index contributed by atoms with van der Waals surface area (Å²) in [5.74, 6) is 0.746. The van der Waals surface area contributed by atoms with Gasteiger partial charge in [0.2, 0.25) is 0 Å². The van der Waals surface area contributed by atoms with E-state index in [0.717, 1.165) is 61.2 Å². The summed E-state index contributed by atoms with van der Waals surface area (Å²) in [6.07, 6.45) is 5.44. The van der Waals surface area contributed by atoms with Gasteiger partial charge in [-0.15, -0.1) is 0 Å². The van der Waals surface area contributed by atoms with Gasteiger partial charge in [-0.2, -0.15) is 10.2 Å². The van der Waals surface area contributed by atoms with Crippen LogP contribution in [0.2, 0.25) is 0 Å². The second-order valence-corrected chi connectivity index (χ2v) is 7.86. The van der Waals surface area contributed by atoms with Gasteiger partial charge in [0.15, 0.2) is 0 Å². The zero-order chi connectivity index (χ0) is 22.4. The highest BCUT2D eigenvalue weighted by atomic mass is 16.5. The molecule has 3 heterocycles. The summed E-state index contributed by atoms with van der Waals surface area (Å²) in [5.41, 5.74) is 7.47. The number of aromatic nitrogens is 6. The summed E-state index contributed by atoms with van der Waals surface area (Å²) in [6.45, 7) is 0. The van der Waals surface area contributed by atoms with Crippen molar-refractivity contribution in [3.63, 3.8) is 0 Å². The number of aromatic amines is 1.